The van der Waals surface area contributed by atoms with E-state index in [0.717, 1.165) is 0 Å². The second kappa shape index (κ2) is 6.03. The lowest BCUT2D eigenvalue weighted by Gasteiger charge is -2.09. The molecule has 0 aromatic rings. The van der Waals surface area contributed by atoms with E-state index < -0.39 is 31.3 Å². The summed E-state index contributed by atoms with van der Waals surface area (Å²) in [5.74, 6) is 0. The van der Waals surface area contributed by atoms with Crippen molar-refractivity contribution in [3.8, 4) is 0 Å². The molecule has 0 atom stereocenters. The second-order valence-electron chi connectivity index (χ2n) is 2.18. The van der Waals surface area contributed by atoms with E-state index in [2.05, 4.69) is 0 Å². The number of aliphatic hydroxyl groups is 1. The zero-order chi connectivity index (χ0) is 15.4. The molecule has 0 bridgehead atoms. The van der Waals surface area contributed by atoms with E-state index in [1.54, 1.807) is 6.92 Å². The predicted octanol–water partition coefficient (Wildman–Crippen LogP) is 0.701. The fourth-order valence-corrected chi connectivity index (χ4v) is 1.76. The van der Waals surface area contributed by atoms with Crippen LogP contribution in [0.3, 0.4) is 0 Å². The highest BCUT2D eigenvalue weighted by molar-refractivity contribution is 8.00. The van der Waals surface area contributed by atoms with E-state index in [4.69, 9.17) is 5.11 Å². The molecule has 0 amide bonds. The molecule has 0 aliphatic heterocycles. The van der Waals surface area contributed by atoms with Crippen molar-refractivity contribution in [1.82, 2.24) is 0 Å². The number of halogens is 6. The summed E-state index contributed by atoms with van der Waals surface area (Å²) >= 11 is 0. The van der Waals surface area contributed by atoms with Crippen molar-refractivity contribution in [1.29, 1.82) is 0 Å². The van der Waals surface area contributed by atoms with Crippen LogP contribution < -0.4 is 0 Å². The fraction of sp³-hybridized carbons (Fsp3) is 1.00. The Labute approximate surface area is 97.4 Å². The molecule has 0 saturated carbocycles. The van der Waals surface area contributed by atoms with Crippen LogP contribution in [-0.4, -0.2) is 39.6 Å². The number of rotatable bonds is 2. The Morgan fingerprint density at radius 2 is 1.06 bits per heavy atom. The molecule has 0 fully saturated rings. The standard InChI is InChI=1S/C2F6O5S2.C2H6O/c3-1(4,5)14(9,10)13-15(11,12)2(6,7)8;1-2-3/h;3H,2H2,1H3. The first-order chi connectivity index (χ1) is 7.62. The summed E-state index contributed by atoms with van der Waals surface area (Å²) in [5.41, 5.74) is -12.5. The third-order valence-corrected chi connectivity index (χ3v) is 3.31. The van der Waals surface area contributed by atoms with Crippen LogP contribution in [0.4, 0.5) is 26.3 Å². The maximum absolute atomic E-state index is 11.4. The van der Waals surface area contributed by atoms with Gasteiger partial charge in [-0.05, 0) is 6.92 Å². The third-order valence-electron chi connectivity index (χ3n) is 0.746. The average molecular weight is 328 g/mol. The van der Waals surface area contributed by atoms with Gasteiger partial charge in [0.15, 0.2) is 0 Å². The first-order valence-corrected chi connectivity index (χ1v) is 6.38. The van der Waals surface area contributed by atoms with Gasteiger partial charge in [-0.3, -0.25) is 0 Å². The molecular weight excluding hydrogens is 322 g/mol. The largest absolute Gasteiger partial charge is 0.524 e. The zero-order valence-electron chi connectivity index (χ0n) is 8.28. The molecule has 0 aromatic heterocycles. The van der Waals surface area contributed by atoms with E-state index in [9.17, 15) is 43.2 Å². The van der Waals surface area contributed by atoms with Crippen molar-refractivity contribution in [2.45, 2.75) is 17.9 Å². The molecule has 0 aromatic carbocycles. The number of alkyl halides is 6. The van der Waals surface area contributed by atoms with Crippen molar-refractivity contribution in [3.63, 3.8) is 0 Å². The lowest BCUT2D eigenvalue weighted by atomic mass is 10.9. The van der Waals surface area contributed by atoms with Gasteiger partial charge in [0.2, 0.25) is 0 Å². The molecule has 6 nitrogen and oxygen atoms in total. The normalized spacial score (nSPS) is 13.8. The summed E-state index contributed by atoms with van der Waals surface area (Å²) in [4.78, 5) is 0. The van der Waals surface area contributed by atoms with E-state index in [0.29, 0.717) is 0 Å². The molecule has 0 aliphatic rings. The molecule has 0 saturated heterocycles. The Morgan fingerprint density at radius 3 is 1.17 bits per heavy atom. The molecule has 0 heterocycles. The summed E-state index contributed by atoms with van der Waals surface area (Å²) < 4.78 is 110. The summed E-state index contributed by atoms with van der Waals surface area (Å²) in [6.45, 7) is 1.93. The molecule has 1 N–H and O–H groups in total. The van der Waals surface area contributed by atoms with Gasteiger partial charge in [0.05, 0.1) is 0 Å². The van der Waals surface area contributed by atoms with Crippen molar-refractivity contribution in [2.75, 3.05) is 6.61 Å². The van der Waals surface area contributed by atoms with Crippen LogP contribution in [0.15, 0.2) is 0 Å². The van der Waals surface area contributed by atoms with Gasteiger partial charge >= 0.3 is 31.3 Å². The summed E-state index contributed by atoms with van der Waals surface area (Å²) in [6.07, 6.45) is 0. The van der Waals surface area contributed by atoms with Crippen LogP contribution >= 0.6 is 0 Å². The van der Waals surface area contributed by atoms with Crippen molar-refractivity contribution >= 4 is 20.2 Å². The van der Waals surface area contributed by atoms with E-state index in [1.165, 1.54) is 0 Å². The minimum absolute atomic E-state index is 0.250. The van der Waals surface area contributed by atoms with Crippen molar-refractivity contribution in [3.05, 3.63) is 0 Å². The van der Waals surface area contributed by atoms with Crippen LogP contribution in [0, 0.1) is 0 Å². The minimum Gasteiger partial charge on any atom is -0.397 e. The molecular formula is C4H6F6O6S2. The van der Waals surface area contributed by atoms with Gasteiger partial charge in [-0.15, -0.1) is 3.63 Å². The second-order valence-corrected chi connectivity index (χ2v) is 5.47. The Balaban J connectivity index is 0. The monoisotopic (exact) mass is 328 g/mol. The van der Waals surface area contributed by atoms with Gasteiger partial charge in [-0.1, -0.05) is 0 Å². The maximum Gasteiger partial charge on any atom is 0.524 e. The molecule has 0 aliphatic carbocycles. The Hall–Kier alpha value is -0.600. The van der Waals surface area contributed by atoms with Gasteiger partial charge in [-0.2, -0.15) is 43.2 Å². The summed E-state index contributed by atoms with van der Waals surface area (Å²) in [5, 5.41) is 7.57. The van der Waals surface area contributed by atoms with E-state index >= 15 is 0 Å². The topological polar surface area (TPSA) is 97.7 Å². The third kappa shape index (κ3) is 5.83. The Morgan fingerprint density at radius 1 is 0.889 bits per heavy atom. The first-order valence-electron chi connectivity index (χ1n) is 3.57. The number of aliphatic hydroxyl groups excluding tert-OH is 1. The van der Waals surface area contributed by atoms with Gasteiger partial charge in [0, 0.05) is 6.61 Å². The fourth-order valence-electron chi connectivity index (χ4n) is 0.195. The lowest BCUT2D eigenvalue weighted by molar-refractivity contribution is -0.0585. The summed E-state index contributed by atoms with van der Waals surface area (Å²) in [7, 11) is -13.7. The molecule has 112 valence electrons. The highest BCUT2D eigenvalue weighted by Crippen LogP contribution is 2.31. The number of hydrogen-bond donors (Lipinski definition) is 1. The molecule has 0 unspecified atom stereocenters. The quantitative estimate of drug-likeness (QED) is 0.592. The average Bonchev–Trinajstić information content (AvgIpc) is 1.98. The molecule has 0 radical (unpaired) electrons. The van der Waals surface area contributed by atoms with Crippen LogP contribution in [0.5, 0.6) is 0 Å². The molecule has 0 spiro atoms. The Bertz CT molecular complexity index is 401. The van der Waals surface area contributed by atoms with E-state index in [-0.39, 0.29) is 6.61 Å². The van der Waals surface area contributed by atoms with E-state index in [1.807, 2.05) is 3.63 Å². The van der Waals surface area contributed by atoms with Crippen LogP contribution in [0.1, 0.15) is 6.92 Å². The van der Waals surface area contributed by atoms with Crippen LogP contribution in [-0.2, 0) is 23.9 Å². The molecule has 0 rings (SSSR count). The molecule has 14 heteroatoms. The summed E-state index contributed by atoms with van der Waals surface area (Å²) in [6, 6.07) is 0. The maximum atomic E-state index is 11.4. The SMILES string of the molecule is CCO.O=S(=O)(OS(=O)(=O)C(F)(F)F)C(F)(F)F. The van der Waals surface area contributed by atoms with Gasteiger partial charge in [0.1, 0.15) is 0 Å². The van der Waals surface area contributed by atoms with Crippen LogP contribution in [0.2, 0.25) is 0 Å². The predicted molar refractivity (Wildman–Crippen MR) is 43.8 cm³/mol. The highest BCUT2D eigenvalue weighted by Gasteiger charge is 2.57. The molecule has 18 heavy (non-hydrogen) atoms. The van der Waals surface area contributed by atoms with Crippen molar-refractivity contribution in [2.24, 2.45) is 0 Å². The van der Waals surface area contributed by atoms with Gasteiger partial charge in [-0.25, -0.2) is 0 Å². The number of hydrogen-bond acceptors (Lipinski definition) is 6. The van der Waals surface area contributed by atoms with Crippen LogP contribution in [0.25, 0.3) is 0 Å². The van der Waals surface area contributed by atoms with Gasteiger partial charge in [0.25, 0.3) is 0 Å². The smallest absolute Gasteiger partial charge is 0.397 e. The van der Waals surface area contributed by atoms with Crippen molar-refractivity contribution < 1.29 is 51.9 Å². The highest BCUT2D eigenvalue weighted by atomic mass is 32.3. The lowest BCUT2D eigenvalue weighted by Crippen LogP contribution is -2.34. The zero-order valence-corrected chi connectivity index (χ0v) is 9.91. The van der Waals surface area contributed by atoms with Gasteiger partial charge < -0.3 is 5.11 Å². The minimum atomic E-state index is -6.85. The first kappa shape index (κ1) is 19.7. The Kier molecular flexibility index (Phi) is 6.61.